The summed E-state index contributed by atoms with van der Waals surface area (Å²) in [6, 6.07) is 10.4. The molecule has 0 saturated carbocycles. The second kappa shape index (κ2) is 6.03. The number of halogens is 2. The van der Waals surface area contributed by atoms with Gasteiger partial charge in [-0.3, -0.25) is 0 Å². The quantitative estimate of drug-likeness (QED) is 0.915. The van der Waals surface area contributed by atoms with E-state index in [1.807, 2.05) is 25.2 Å². The molecule has 0 spiro atoms. The fourth-order valence-electron chi connectivity index (χ4n) is 2.48. The first-order valence-corrected chi connectivity index (χ1v) is 7.50. The Labute approximate surface area is 131 Å². The summed E-state index contributed by atoms with van der Waals surface area (Å²) in [4.78, 5) is 0. The Bertz CT molecular complexity index is 663. The van der Waals surface area contributed by atoms with Gasteiger partial charge in [0, 0.05) is 10.0 Å². The first-order chi connectivity index (χ1) is 10.2. The van der Waals surface area contributed by atoms with E-state index in [0.717, 1.165) is 15.8 Å². The van der Waals surface area contributed by atoms with Crippen molar-refractivity contribution in [1.82, 2.24) is 5.32 Å². The zero-order chi connectivity index (χ0) is 14.8. The number of ether oxygens (including phenoxy) is 2. The van der Waals surface area contributed by atoms with E-state index >= 15 is 0 Å². The molecule has 1 heterocycles. The lowest BCUT2D eigenvalue weighted by Crippen LogP contribution is -2.20. The average molecular weight is 352 g/mol. The Morgan fingerprint density at radius 1 is 1.10 bits per heavy atom. The van der Waals surface area contributed by atoms with E-state index in [1.54, 1.807) is 12.1 Å². The van der Waals surface area contributed by atoms with Gasteiger partial charge in [0.15, 0.2) is 11.5 Å². The summed E-state index contributed by atoms with van der Waals surface area (Å²) in [5, 5.41) is 3.15. The third-order valence-electron chi connectivity index (χ3n) is 3.46. The number of nitrogens with one attached hydrogen (secondary N) is 1. The zero-order valence-electron chi connectivity index (χ0n) is 11.5. The molecule has 0 aliphatic carbocycles. The summed E-state index contributed by atoms with van der Waals surface area (Å²) in [5.74, 6) is 1.19. The van der Waals surface area contributed by atoms with Crippen LogP contribution in [0.15, 0.2) is 40.9 Å². The molecule has 110 valence electrons. The van der Waals surface area contributed by atoms with Gasteiger partial charge >= 0.3 is 0 Å². The molecule has 1 unspecified atom stereocenters. The average Bonchev–Trinajstić information content (AvgIpc) is 2.51. The van der Waals surface area contributed by atoms with E-state index in [2.05, 4.69) is 21.2 Å². The van der Waals surface area contributed by atoms with Gasteiger partial charge in [0.2, 0.25) is 0 Å². The molecule has 3 nitrogen and oxygen atoms in total. The smallest absolute Gasteiger partial charge is 0.161 e. The van der Waals surface area contributed by atoms with Crippen LogP contribution in [-0.2, 0) is 0 Å². The van der Waals surface area contributed by atoms with E-state index in [1.165, 1.54) is 6.07 Å². The fourth-order valence-corrected chi connectivity index (χ4v) is 2.86. The predicted molar refractivity (Wildman–Crippen MR) is 82.4 cm³/mol. The molecule has 0 amide bonds. The normalized spacial score (nSPS) is 14.8. The molecule has 0 bridgehead atoms. The number of hydrogen-bond donors (Lipinski definition) is 1. The fraction of sp³-hybridized carbons (Fsp3) is 0.250. The number of hydrogen-bond acceptors (Lipinski definition) is 3. The minimum absolute atomic E-state index is 0.243. The van der Waals surface area contributed by atoms with Crippen LogP contribution in [0.5, 0.6) is 11.5 Å². The molecule has 0 radical (unpaired) electrons. The molecule has 1 aliphatic rings. The largest absolute Gasteiger partial charge is 0.486 e. The molecule has 0 saturated heterocycles. The Hall–Kier alpha value is -1.59. The highest BCUT2D eigenvalue weighted by Crippen LogP contribution is 2.35. The molecule has 21 heavy (non-hydrogen) atoms. The summed E-state index contributed by atoms with van der Waals surface area (Å²) in [5.41, 5.74) is 1.52. The van der Waals surface area contributed by atoms with Crippen molar-refractivity contribution in [3.8, 4) is 11.5 Å². The van der Waals surface area contributed by atoms with Crippen LogP contribution in [0.2, 0.25) is 0 Å². The summed E-state index contributed by atoms with van der Waals surface area (Å²) in [7, 11) is 1.81. The second-order valence-electron chi connectivity index (χ2n) is 4.79. The van der Waals surface area contributed by atoms with Crippen LogP contribution >= 0.6 is 15.9 Å². The van der Waals surface area contributed by atoms with Crippen molar-refractivity contribution in [2.24, 2.45) is 0 Å². The van der Waals surface area contributed by atoms with Crippen LogP contribution < -0.4 is 14.8 Å². The van der Waals surface area contributed by atoms with E-state index in [4.69, 9.17) is 9.47 Å². The van der Waals surface area contributed by atoms with Crippen molar-refractivity contribution in [2.75, 3.05) is 20.3 Å². The number of benzene rings is 2. The van der Waals surface area contributed by atoms with Gasteiger partial charge < -0.3 is 14.8 Å². The van der Waals surface area contributed by atoms with Gasteiger partial charge in [-0.2, -0.15) is 0 Å². The van der Waals surface area contributed by atoms with E-state index < -0.39 is 0 Å². The Morgan fingerprint density at radius 3 is 2.62 bits per heavy atom. The summed E-state index contributed by atoms with van der Waals surface area (Å²) in [6.45, 7) is 1.09. The maximum atomic E-state index is 14.1. The van der Waals surface area contributed by atoms with Crippen molar-refractivity contribution in [3.63, 3.8) is 0 Å². The first kappa shape index (κ1) is 14.4. The Balaban J connectivity index is 2.01. The highest BCUT2D eigenvalue weighted by Gasteiger charge is 2.20. The van der Waals surface area contributed by atoms with Crippen molar-refractivity contribution in [2.45, 2.75) is 6.04 Å². The lowest BCUT2D eigenvalue weighted by Gasteiger charge is -2.22. The van der Waals surface area contributed by atoms with Crippen LogP contribution in [0.3, 0.4) is 0 Å². The highest BCUT2D eigenvalue weighted by atomic mass is 79.9. The highest BCUT2D eigenvalue weighted by molar-refractivity contribution is 9.10. The Morgan fingerprint density at radius 2 is 1.86 bits per heavy atom. The van der Waals surface area contributed by atoms with Crippen LogP contribution in [0, 0.1) is 5.82 Å². The van der Waals surface area contributed by atoms with Crippen LogP contribution in [0.1, 0.15) is 17.2 Å². The van der Waals surface area contributed by atoms with Gasteiger partial charge in [-0.15, -0.1) is 0 Å². The monoisotopic (exact) mass is 351 g/mol. The second-order valence-corrected chi connectivity index (χ2v) is 5.71. The SMILES string of the molecule is CNC(c1ccc2c(c1)OCCO2)c1cc(Br)ccc1F. The maximum Gasteiger partial charge on any atom is 0.161 e. The topological polar surface area (TPSA) is 30.5 Å². The van der Waals surface area contributed by atoms with Gasteiger partial charge in [0.1, 0.15) is 19.0 Å². The van der Waals surface area contributed by atoms with Crippen molar-refractivity contribution >= 4 is 15.9 Å². The van der Waals surface area contributed by atoms with E-state index in [9.17, 15) is 4.39 Å². The van der Waals surface area contributed by atoms with Gasteiger partial charge in [0.25, 0.3) is 0 Å². The molecule has 0 aromatic heterocycles. The molecular weight excluding hydrogens is 337 g/mol. The Kier molecular flexibility index (Phi) is 4.12. The summed E-state index contributed by atoms with van der Waals surface area (Å²) >= 11 is 3.39. The molecule has 3 rings (SSSR count). The lowest BCUT2D eigenvalue weighted by molar-refractivity contribution is 0.171. The third-order valence-corrected chi connectivity index (χ3v) is 3.95. The molecule has 2 aromatic carbocycles. The van der Waals surface area contributed by atoms with Crippen LogP contribution in [0.4, 0.5) is 4.39 Å². The van der Waals surface area contributed by atoms with Crippen molar-refractivity contribution in [1.29, 1.82) is 0 Å². The number of fused-ring (bicyclic) bond motifs is 1. The molecule has 1 N–H and O–H groups in total. The first-order valence-electron chi connectivity index (χ1n) is 6.71. The third kappa shape index (κ3) is 2.89. The lowest BCUT2D eigenvalue weighted by atomic mass is 9.98. The predicted octanol–water partition coefficient (Wildman–Crippen LogP) is 3.67. The van der Waals surface area contributed by atoms with E-state index in [0.29, 0.717) is 24.5 Å². The van der Waals surface area contributed by atoms with Crippen LogP contribution in [0.25, 0.3) is 0 Å². The van der Waals surface area contributed by atoms with Crippen LogP contribution in [-0.4, -0.2) is 20.3 Å². The molecule has 2 aromatic rings. The maximum absolute atomic E-state index is 14.1. The molecule has 0 fully saturated rings. The molecule has 1 atom stereocenters. The zero-order valence-corrected chi connectivity index (χ0v) is 13.1. The molecule has 1 aliphatic heterocycles. The van der Waals surface area contributed by atoms with E-state index in [-0.39, 0.29) is 11.9 Å². The standard InChI is InChI=1S/C16H15BrFNO2/c1-19-16(12-9-11(17)3-4-13(12)18)10-2-5-14-15(8-10)21-7-6-20-14/h2-5,8-9,16,19H,6-7H2,1H3. The van der Waals surface area contributed by atoms with Crippen molar-refractivity contribution in [3.05, 3.63) is 57.8 Å². The molecular formula is C16H15BrFNO2. The van der Waals surface area contributed by atoms with Crippen molar-refractivity contribution < 1.29 is 13.9 Å². The minimum Gasteiger partial charge on any atom is -0.486 e. The minimum atomic E-state index is -0.252. The summed E-state index contributed by atoms with van der Waals surface area (Å²) in [6.07, 6.45) is 0. The number of rotatable bonds is 3. The van der Waals surface area contributed by atoms with Gasteiger partial charge in [0.05, 0.1) is 6.04 Å². The molecule has 5 heteroatoms. The van der Waals surface area contributed by atoms with Gasteiger partial charge in [-0.05, 0) is 42.9 Å². The summed E-state index contributed by atoms with van der Waals surface area (Å²) < 4.78 is 26.1. The van der Waals surface area contributed by atoms with Gasteiger partial charge in [-0.25, -0.2) is 4.39 Å². The van der Waals surface area contributed by atoms with Gasteiger partial charge in [-0.1, -0.05) is 22.0 Å².